The molecule has 0 saturated carbocycles. The van der Waals surface area contributed by atoms with Crippen molar-refractivity contribution in [1.29, 1.82) is 0 Å². The zero-order chi connectivity index (χ0) is 21.3. The Kier molecular flexibility index (Phi) is 6.11. The van der Waals surface area contributed by atoms with E-state index in [4.69, 9.17) is 16.3 Å². The Bertz CT molecular complexity index is 879. The molecule has 1 saturated heterocycles. The second-order valence-electron chi connectivity index (χ2n) is 8.19. The van der Waals surface area contributed by atoms with E-state index in [0.717, 1.165) is 11.1 Å². The highest BCUT2D eigenvalue weighted by Gasteiger charge is 2.35. The van der Waals surface area contributed by atoms with Gasteiger partial charge in [-0.2, -0.15) is 4.80 Å². The molecule has 0 spiro atoms. The van der Waals surface area contributed by atoms with Gasteiger partial charge in [-0.1, -0.05) is 11.6 Å². The summed E-state index contributed by atoms with van der Waals surface area (Å²) in [5, 5.41) is 23.0. The molecule has 0 aliphatic carbocycles. The maximum atomic E-state index is 12.6. The first-order chi connectivity index (χ1) is 13.5. The monoisotopic (exact) mass is 422 g/mol. The van der Waals surface area contributed by atoms with Gasteiger partial charge in [0, 0.05) is 30.2 Å². The van der Waals surface area contributed by atoms with Crippen LogP contribution in [0.5, 0.6) is 0 Å². The van der Waals surface area contributed by atoms with E-state index in [9.17, 15) is 9.90 Å². The first-order valence-corrected chi connectivity index (χ1v) is 9.88. The van der Waals surface area contributed by atoms with Gasteiger partial charge in [-0.3, -0.25) is 4.90 Å². The number of aliphatic hydroxyl groups excluding tert-OH is 1. The summed E-state index contributed by atoms with van der Waals surface area (Å²) in [4.78, 5) is 17.6. The molecule has 1 fully saturated rings. The van der Waals surface area contributed by atoms with Crippen molar-refractivity contribution in [2.45, 2.75) is 45.6 Å². The number of amides is 1. The zero-order valence-corrected chi connectivity index (χ0v) is 18.1. The minimum absolute atomic E-state index is 0.259. The lowest BCUT2D eigenvalue weighted by molar-refractivity contribution is -0.0553. The maximum absolute atomic E-state index is 12.6. The van der Waals surface area contributed by atoms with E-state index in [-0.39, 0.29) is 12.1 Å². The van der Waals surface area contributed by atoms with Gasteiger partial charge < -0.3 is 14.7 Å². The number of aliphatic hydroxyl groups is 1. The molecule has 1 unspecified atom stereocenters. The van der Waals surface area contributed by atoms with Crippen LogP contribution in [0.2, 0.25) is 5.02 Å². The van der Waals surface area contributed by atoms with Gasteiger partial charge in [-0.25, -0.2) is 4.79 Å². The summed E-state index contributed by atoms with van der Waals surface area (Å²) in [7, 11) is 1.69. The van der Waals surface area contributed by atoms with Crippen LogP contribution in [0.4, 0.5) is 4.79 Å². The van der Waals surface area contributed by atoms with E-state index < -0.39 is 11.8 Å². The number of benzene rings is 1. The van der Waals surface area contributed by atoms with Crippen molar-refractivity contribution in [3.8, 4) is 11.4 Å². The maximum Gasteiger partial charge on any atom is 0.410 e. The van der Waals surface area contributed by atoms with E-state index in [2.05, 4.69) is 15.4 Å². The van der Waals surface area contributed by atoms with Gasteiger partial charge in [0.15, 0.2) is 0 Å². The highest BCUT2D eigenvalue weighted by atomic mass is 35.5. The number of aromatic nitrogens is 4. The first kappa shape index (κ1) is 21.5. The minimum Gasteiger partial charge on any atom is -0.444 e. The average Bonchev–Trinajstić information content (AvgIpc) is 3.05. The predicted octanol–water partition coefficient (Wildman–Crippen LogP) is 2.46. The van der Waals surface area contributed by atoms with E-state index in [1.807, 2.05) is 37.8 Å². The third-order valence-electron chi connectivity index (χ3n) is 4.62. The quantitative estimate of drug-likeness (QED) is 0.811. The van der Waals surface area contributed by atoms with Crippen molar-refractivity contribution in [2.24, 2.45) is 7.05 Å². The summed E-state index contributed by atoms with van der Waals surface area (Å²) in [5.74, 6) is 0.458. The third-order valence-corrected chi connectivity index (χ3v) is 4.84. The van der Waals surface area contributed by atoms with Crippen LogP contribution in [0.3, 0.4) is 0 Å². The summed E-state index contributed by atoms with van der Waals surface area (Å²) in [6.45, 7) is 8.57. The molecule has 2 aromatic rings. The normalized spacial score (nSPS) is 19.3. The number of hydrogen-bond donors (Lipinski definition) is 1. The summed E-state index contributed by atoms with van der Waals surface area (Å²) in [6, 6.07) is 5.26. The standard InChI is InChI=1S/C19H27ClN6O3/c1-12(27)26-7-6-25(18(28)29-19(2,3)4)11-16(26)13-8-14(10-15(20)9-13)17-21-23-24(5)22-17/h8-10,12,16,27H,6-7,11H2,1-5H3/t12?,16-/m0/s1. The van der Waals surface area contributed by atoms with Crippen LogP contribution in [0.25, 0.3) is 11.4 Å². The molecule has 3 rings (SSSR count). The van der Waals surface area contributed by atoms with Gasteiger partial charge in [-0.15, -0.1) is 10.2 Å². The van der Waals surface area contributed by atoms with Gasteiger partial charge in [0.25, 0.3) is 0 Å². The first-order valence-electron chi connectivity index (χ1n) is 9.50. The molecule has 0 bridgehead atoms. The second kappa shape index (κ2) is 8.25. The molecule has 1 aliphatic rings. The summed E-state index contributed by atoms with van der Waals surface area (Å²) in [5.41, 5.74) is 1.00. The number of rotatable bonds is 3. The van der Waals surface area contributed by atoms with Crippen LogP contribution < -0.4 is 0 Å². The molecular weight excluding hydrogens is 396 g/mol. The van der Waals surface area contributed by atoms with Crippen molar-refractivity contribution >= 4 is 17.7 Å². The molecule has 1 aliphatic heterocycles. The van der Waals surface area contributed by atoms with Crippen molar-refractivity contribution in [3.63, 3.8) is 0 Å². The Morgan fingerprint density at radius 1 is 1.31 bits per heavy atom. The number of hydrogen-bond acceptors (Lipinski definition) is 7. The number of piperazine rings is 1. The smallest absolute Gasteiger partial charge is 0.410 e. The number of carbonyl (C=O) groups is 1. The zero-order valence-electron chi connectivity index (χ0n) is 17.3. The van der Waals surface area contributed by atoms with Gasteiger partial charge >= 0.3 is 6.09 Å². The van der Waals surface area contributed by atoms with E-state index in [1.54, 1.807) is 24.9 Å². The highest BCUT2D eigenvalue weighted by molar-refractivity contribution is 6.30. The van der Waals surface area contributed by atoms with Crippen LogP contribution in [0.1, 0.15) is 39.3 Å². The lowest BCUT2D eigenvalue weighted by Gasteiger charge is -2.43. The minimum atomic E-state index is -0.683. The summed E-state index contributed by atoms with van der Waals surface area (Å²) < 4.78 is 5.53. The molecule has 29 heavy (non-hydrogen) atoms. The molecule has 2 heterocycles. The van der Waals surface area contributed by atoms with Gasteiger partial charge in [-0.05, 0) is 56.7 Å². The van der Waals surface area contributed by atoms with Crippen LogP contribution >= 0.6 is 11.6 Å². The number of carbonyl (C=O) groups excluding carboxylic acids is 1. The van der Waals surface area contributed by atoms with Crippen molar-refractivity contribution < 1.29 is 14.6 Å². The lowest BCUT2D eigenvalue weighted by atomic mass is 9.99. The van der Waals surface area contributed by atoms with E-state index in [1.165, 1.54) is 4.80 Å². The van der Waals surface area contributed by atoms with Crippen molar-refractivity contribution in [3.05, 3.63) is 28.8 Å². The number of nitrogens with zero attached hydrogens (tertiary/aromatic N) is 6. The van der Waals surface area contributed by atoms with Crippen molar-refractivity contribution in [1.82, 2.24) is 30.0 Å². The Labute approximate surface area is 175 Å². The molecule has 1 amide bonds. The van der Waals surface area contributed by atoms with Crippen LogP contribution in [0.15, 0.2) is 18.2 Å². The Morgan fingerprint density at radius 3 is 2.62 bits per heavy atom. The average molecular weight is 423 g/mol. The largest absolute Gasteiger partial charge is 0.444 e. The molecule has 2 atom stereocenters. The third kappa shape index (κ3) is 5.23. The fourth-order valence-electron chi connectivity index (χ4n) is 3.37. The highest BCUT2D eigenvalue weighted by Crippen LogP contribution is 2.32. The molecule has 0 radical (unpaired) electrons. The molecule has 9 nitrogen and oxygen atoms in total. The topological polar surface area (TPSA) is 96.6 Å². The summed E-state index contributed by atoms with van der Waals surface area (Å²) >= 11 is 6.37. The van der Waals surface area contributed by atoms with E-state index >= 15 is 0 Å². The molecule has 1 aromatic heterocycles. The number of ether oxygens (including phenoxy) is 1. The second-order valence-corrected chi connectivity index (χ2v) is 8.62. The molecule has 1 N–H and O–H groups in total. The number of halogens is 1. The number of aryl methyl sites for hydroxylation is 1. The van der Waals surface area contributed by atoms with Gasteiger partial charge in [0.2, 0.25) is 5.82 Å². The molecule has 158 valence electrons. The Hall–Kier alpha value is -2.23. The molecule has 1 aromatic carbocycles. The fraction of sp³-hybridized carbons (Fsp3) is 0.579. The Balaban J connectivity index is 1.92. The van der Waals surface area contributed by atoms with Crippen molar-refractivity contribution in [2.75, 3.05) is 19.6 Å². The van der Waals surface area contributed by atoms with Crippen LogP contribution in [-0.4, -0.2) is 72.7 Å². The van der Waals surface area contributed by atoms with E-state index in [0.29, 0.717) is 30.5 Å². The number of tetrazole rings is 1. The van der Waals surface area contributed by atoms with Crippen LogP contribution in [0, 0.1) is 0 Å². The lowest BCUT2D eigenvalue weighted by Crippen LogP contribution is -2.53. The molecular formula is C19H27ClN6O3. The van der Waals surface area contributed by atoms with Gasteiger partial charge in [0.1, 0.15) is 11.8 Å². The molecule has 10 heteroatoms. The summed E-state index contributed by atoms with van der Waals surface area (Å²) in [6.07, 6.45) is -1.05. The fourth-order valence-corrected chi connectivity index (χ4v) is 3.61. The van der Waals surface area contributed by atoms with Crippen LogP contribution in [-0.2, 0) is 11.8 Å². The Morgan fingerprint density at radius 2 is 2.03 bits per heavy atom. The SMILES string of the molecule is CC(O)N1CCN(C(=O)OC(C)(C)C)C[C@H]1c1cc(Cl)cc(-c2nnn(C)n2)c1. The van der Waals surface area contributed by atoms with Gasteiger partial charge in [0.05, 0.1) is 13.1 Å². The predicted molar refractivity (Wildman–Crippen MR) is 108 cm³/mol.